The third-order valence-corrected chi connectivity index (χ3v) is 7.52. The van der Waals surface area contributed by atoms with Crippen LogP contribution in [0.15, 0.2) is 96.0 Å². The van der Waals surface area contributed by atoms with E-state index in [9.17, 15) is 8.42 Å². The van der Waals surface area contributed by atoms with Crippen molar-refractivity contribution >= 4 is 37.4 Å². The summed E-state index contributed by atoms with van der Waals surface area (Å²) in [6.45, 7) is 0.430. The molecule has 0 saturated carbocycles. The number of nitrogens with zero attached hydrogens (tertiary/aromatic N) is 1. The van der Waals surface area contributed by atoms with Crippen molar-refractivity contribution in [1.29, 1.82) is 0 Å². The minimum absolute atomic E-state index is 0.254. The number of nitrogens with two attached hydrogens (primary N) is 2. The summed E-state index contributed by atoms with van der Waals surface area (Å²) in [5.74, 6) is 0. The summed E-state index contributed by atoms with van der Waals surface area (Å²) >= 11 is 0. The van der Waals surface area contributed by atoms with Crippen LogP contribution < -0.4 is 11.5 Å². The van der Waals surface area contributed by atoms with Crippen LogP contribution in [0.5, 0.6) is 0 Å². The van der Waals surface area contributed by atoms with Crippen molar-refractivity contribution in [2.24, 2.45) is 5.73 Å². The second-order valence-electron chi connectivity index (χ2n) is 7.79. The van der Waals surface area contributed by atoms with Gasteiger partial charge in [0.2, 0.25) is 0 Å². The van der Waals surface area contributed by atoms with Gasteiger partial charge in [-0.1, -0.05) is 54.6 Å². The summed E-state index contributed by atoms with van der Waals surface area (Å²) in [6.07, 6.45) is 2.28. The maximum absolute atomic E-state index is 13.4. The first-order chi connectivity index (χ1) is 15.5. The van der Waals surface area contributed by atoms with E-state index in [1.54, 1.807) is 36.5 Å². The quantitative estimate of drug-likeness (QED) is 0.384. The van der Waals surface area contributed by atoms with Crippen molar-refractivity contribution in [3.8, 4) is 11.1 Å². The zero-order valence-electron chi connectivity index (χ0n) is 17.4. The monoisotopic (exact) mass is 441 g/mol. The van der Waals surface area contributed by atoms with Gasteiger partial charge < -0.3 is 11.5 Å². The summed E-state index contributed by atoms with van der Waals surface area (Å²) in [4.78, 5) is 0.254. The average Bonchev–Trinajstić information content (AvgIpc) is 3.19. The molecule has 0 fully saturated rings. The maximum atomic E-state index is 13.4. The van der Waals surface area contributed by atoms with Crippen molar-refractivity contribution in [2.45, 2.75) is 11.3 Å². The predicted molar refractivity (Wildman–Crippen MR) is 131 cm³/mol. The summed E-state index contributed by atoms with van der Waals surface area (Å²) in [5, 5.41) is 2.94. The Labute approximate surface area is 186 Å². The number of benzene rings is 4. The van der Waals surface area contributed by atoms with Crippen molar-refractivity contribution in [2.75, 3.05) is 12.3 Å². The van der Waals surface area contributed by atoms with E-state index >= 15 is 0 Å². The van der Waals surface area contributed by atoms with Gasteiger partial charge in [-0.05, 0) is 65.4 Å². The minimum Gasteiger partial charge on any atom is -0.398 e. The van der Waals surface area contributed by atoms with Gasteiger partial charge >= 0.3 is 0 Å². The highest BCUT2D eigenvalue weighted by atomic mass is 32.2. The largest absolute Gasteiger partial charge is 0.398 e. The summed E-state index contributed by atoms with van der Waals surface area (Å²) in [7, 11) is -3.72. The molecule has 0 bridgehead atoms. The van der Waals surface area contributed by atoms with E-state index in [0.29, 0.717) is 18.5 Å². The lowest BCUT2D eigenvalue weighted by molar-refractivity contribution is 0.589. The molecule has 0 amide bonds. The van der Waals surface area contributed by atoms with Crippen molar-refractivity contribution < 1.29 is 8.42 Å². The molecule has 0 aliphatic carbocycles. The summed E-state index contributed by atoms with van der Waals surface area (Å²) in [5.41, 5.74) is 16.4. The van der Waals surface area contributed by atoms with Crippen molar-refractivity contribution in [1.82, 2.24) is 3.97 Å². The van der Waals surface area contributed by atoms with Crippen LogP contribution in [-0.4, -0.2) is 18.9 Å². The molecule has 0 radical (unpaired) electrons. The Bertz CT molecular complexity index is 1550. The van der Waals surface area contributed by atoms with Crippen LogP contribution in [0.2, 0.25) is 0 Å². The van der Waals surface area contributed by atoms with Crippen LogP contribution in [-0.2, 0) is 16.4 Å². The van der Waals surface area contributed by atoms with E-state index in [2.05, 4.69) is 12.1 Å². The van der Waals surface area contributed by atoms with Crippen molar-refractivity contribution in [3.63, 3.8) is 0 Å². The van der Waals surface area contributed by atoms with Crippen molar-refractivity contribution in [3.05, 3.63) is 96.7 Å². The molecule has 1 aromatic heterocycles. The lowest BCUT2D eigenvalue weighted by Gasteiger charge is -2.11. The van der Waals surface area contributed by atoms with E-state index in [4.69, 9.17) is 11.5 Å². The Balaban J connectivity index is 1.74. The molecule has 0 atom stereocenters. The van der Waals surface area contributed by atoms with Crippen LogP contribution in [0.3, 0.4) is 0 Å². The molecule has 32 heavy (non-hydrogen) atoms. The first-order valence-electron chi connectivity index (χ1n) is 10.4. The highest BCUT2D eigenvalue weighted by Crippen LogP contribution is 2.35. The zero-order chi connectivity index (χ0) is 22.3. The highest BCUT2D eigenvalue weighted by Gasteiger charge is 2.21. The van der Waals surface area contributed by atoms with Crippen LogP contribution in [0, 0.1) is 0 Å². The molecule has 0 spiro atoms. The zero-order valence-corrected chi connectivity index (χ0v) is 18.2. The number of fused-ring (bicyclic) bond motifs is 2. The Morgan fingerprint density at radius 1 is 0.781 bits per heavy atom. The topological polar surface area (TPSA) is 91.1 Å². The third kappa shape index (κ3) is 3.25. The van der Waals surface area contributed by atoms with Crippen LogP contribution >= 0.6 is 0 Å². The third-order valence-electron chi connectivity index (χ3n) is 5.84. The molecule has 1 heterocycles. The SMILES string of the molecule is NCCc1cn(S(=O)(=O)c2ccccc2)c2ccc(-c3ccc(N)c4ccccc34)cc12. The molecule has 0 unspecified atom stereocenters. The lowest BCUT2D eigenvalue weighted by atomic mass is 9.96. The molecule has 0 saturated heterocycles. The number of anilines is 1. The van der Waals surface area contributed by atoms with E-state index in [0.717, 1.165) is 38.5 Å². The first-order valence-corrected chi connectivity index (χ1v) is 11.9. The number of hydrogen-bond acceptors (Lipinski definition) is 4. The minimum atomic E-state index is -3.72. The van der Waals surface area contributed by atoms with Gasteiger partial charge in [-0.15, -0.1) is 0 Å². The smallest absolute Gasteiger partial charge is 0.268 e. The maximum Gasteiger partial charge on any atom is 0.268 e. The molecule has 5 nitrogen and oxygen atoms in total. The molecule has 0 aliphatic heterocycles. The van der Waals surface area contributed by atoms with Gasteiger partial charge in [-0.25, -0.2) is 12.4 Å². The Kier molecular flexibility index (Phi) is 4.96. The van der Waals surface area contributed by atoms with Gasteiger partial charge in [0.05, 0.1) is 10.4 Å². The Morgan fingerprint density at radius 3 is 2.25 bits per heavy atom. The number of hydrogen-bond donors (Lipinski definition) is 2. The summed E-state index contributed by atoms with van der Waals surface area (Å²) in [6, 6.07) is 26.3. The van der Waals surface area contributed by atoms with Gasteiger partial charge in [-0.2, -0.15) is 0 Å². The van der Waals surface area contributed by atoms with Gasteiger partial charge in [0, 0.05) is 22.7 Å². The van der Waals surface area contributed by atoms with Gasteiger partial charge in [0.25, 0.3) is 10.0 Å². The standard InChI is InChI=1S/C26H23N3O2S/c27-15-14-19-17-29(32(30,31)20-6-2-1-3-7-20)26-13-10-18(16-24(19)26)21-11-12-25(28)23-9-5-4-8-22(21)23/h1-13,16-17H,14-15,27-28H2. The molecule has 6 heteroatoms. The predicted octanol–water partition coefficient (Wildman–Crippen LogP) is 4.78. The van der Waals surface area contributed by atoms with Gasteiger partial charge in [0.15, 0.2) is 0 Å². The number of rotatable bonds is 5. The van der Waals surface area contributed by atoms with Crippen LogP contribution in [0.25, 0.3) is 32.8 Å². The molecule has 4 N–H and O–H groups in total. The normalized spacial score (nSPS) is 11.9. The van der Waals surface area contributed by atoms with Gasteiger partial charge in [0.1, 0.15) is 0 Å². The fraction of sp³-hybridized carbons (Fsp3) is 0.0769. The highest BCUT2D eigenvalue weighted by molar-refractivity contribution is 7.90. The molecule has 4 aromatic carbocycles. The second kappa shape index (κ2) is 7.82. The van der Waals surface area contributed by atoms with Gasteiger partial charge in [-0.3, -0.25) is 0 Å². The van der Waals surface area contributed by atoms with E-state index in [1.807, 2.05) is 42.5 Å². The molecular formula is C26H23N3O2S. The van der Waals surface area contributed by atoms with E-state index < -0.39 is 10.0 Å². The molecular weight excluding hydrogens is 418 g/mol. The van der Waals surface area contributed by atoms with Crippen LogP contribution in [0.1, 0.15) is 5.56 Å². The Hall–Kier alpha value is -3.61. The first kappa shape index (κ1) is 20.3. The molecule has 5 aromatic rings. The lowest BCUT2D eigenvalue weighted by Crippen LogP contribution is -2.11. The fourth-order valence-electron chi connectivity index (χ4n) is 4.27. The fourth-order valence-corrected chi connectivity index (χ4v) is 5.68. The molecule has 0 aliphatic rings. The van der Waals surface area contributed by atoms with E-state index in [-0.39, 0.29) is 4.90 Å². The average molecular weight is 442 g/mol. The number of nitrogen functional groups attached to an aromatic ring is 1. The molecule has 5 rings (SSSR count). The summed E-state index contributed by atoms with van der Waals surface area (Å²) < 4.78 is 28.1. The van der Waals surface area contributed by atoms with E-state index in [1.165, 1.54) is 3.97 Å². The van der Waals surface area contributed by atoms with Crippen LogP contribution in [0.4, 0.5) is 5.69 Å². The second-order valence-corrected chi connectivity index (χ2v) is 9.60. The molecule has 160 valence electrons. The Morgan fingerprint density at radius 2 is 1.50 bits per heavy atom. The number of aromatic nitrogens is 1.